The molecule has 8 rings (SSSR count). The van der Waals surface area contributed by atoms with Gasteiger partial charge in [0.2, 0.25) is 63.2 Å². The zero-order chi connectivity index (χ0) is 77.3. The Morgan fingerprint density at radius 3 is 1.86 bits per heavy atom. The lowest BCUT2D eigenvalue weighted by molar-refractivity contribution is -0.147. The lowest BCUT2D eigenvalue weighted by Crippen LogP contribution is -2.53. The molecule has 31 nitrogen and oxygen atoms in total. The molecule has 3 aliphatic rings. The fourth-order valence-electron chi connectivity index (χ4n) is 11.9. The Balaban J connectivity index is 0.970. The van der Waals surface area contributed by atoms with Crippen LogP contribution in [0.15, 0.2) is 136 Å². The average molecular weight is 1540 g/mol. The van der Waals surface area contributed by atoms with Crippen molar-refractivity contribution in [2.24, 2.45) is 16.6 Å². The maximum atomic E-state index is 15.0. The summed E-state index contributed by atoms with van der Waals surface area (Å²) in [6, 6.07) is 23.3. The Morgan fingerprint density at radius 2 is 1.29 bits per heavy atom. The zero-order valence-electron chi connectivity index (χ0n) is 59.3. The third-order valence-corrected chi connectivity index (χ3v) is 20.1. The number of fused-ring (bicyclic) bond motifs is 2. The highest BCUT2D eigenvalue weighted by Gasteiger charge is 2.41. The van der Waals surface area contributed by atoms with Crippen LogP contribution in [-0.2, 0) is 82.0 Å². The second kappa shape index (κ2) is 40.0. The van der Waals surface area contributed by atoms with Crippen molar-refractivity contribution in [1.29, 1.82) is 0 Å². The molecule has 572 valence electrons. The number of carbonyl (C=O) groups is 10. The number of nitrogens with one attached hydrogen (secondary N) is 2. The number of nitrogens with two attached hydrogens (primary N) is 3. The van der Waals surface area contributed by atoms with E-state index in [2.05, 4.69) is 15.6 Å². The number of aromatic carboxylic acids is 1. The summed E-state index contributed by atoms with van der Waals surface area (Å²) in [5.74, 6) is -8.26. The summed E-state index contributed by atoms with van der Waals surface area (Å²) < 4.78 is 42.4. The number of sulfonamides is 1. The number of halogens is 1. The first-order valence-electron chi connectivity index (χ1n) is 34.5. The second-order valence-electron chi connectivity index (χ2n) is 25.4. The van der Waals surface area contributed by atoms with Crippen LogP contribution in [0.3, 0.4) is 0 Å². The molecule has 0 spiro atoms. The Hall–Kier alpha value is -10.1. The summed E-state index contributed by atoms with van der Waals surface area (Å²) in [5.41, 5.74) is 13.1. The van der Waals surface area contributed by atoms with E-state index in [1.54, 1.807) is 59.7 Å². The van der Waals surface area contributed by atoms with Crippen LogP contribution in [0, 0.1) is 0 Å². The molecule has 107 heavy (non-hydrogen) atoms. The molecule has 9 amide bonds. The van der Waals surface area contributed by atoms with Crippen LogP contribution in [0.1, 0.15) is 60.0 Å². The van der Waals surface area contributed by atoms with E-state index in [4.69, 9.17) is 42.1 Å². The first kappa shape index (κ1) is 82.5. The quantitative estimate of drug-likeness (QED) is 0.0164. The Bertz CT molecular complexity index is 4440. The largest absolute Gasteiger partial charge is 0.508 e. The number of rotatable bonds is 43. The molecule has 34 heteroatoms. The number of phenolic OH excluding ortho intramolecular Hbond substituents is 1. The number of unbranched alkanes of at least 4 members (excludes halogenated alkanes) is 1. The van der Waals surface area contributed by atoms with Crippen molar-refractivity contribution in [2.75, 3.05) is 123 Å². The number of hydrogen-bond acceptors (Lipinski definition) is 21. The number of benzene rings is 5. The summed E-state index contributed by atoms with van der Waals surface area (Å²) in [5, 5.41) is 31.6. The van der Waals surface area contributed by atoms with Gasteiger partial charge in [0.1, 0.15) is 23.1 Å². The standard InChI is InChI=1S/C73H88ClN13O18S2/c1-103-34-6-29-82(41-63(90)80-59(71(76)97)46-106-62-39-64(91)87(72(62)98)51-14-19-55(58(36-51)73(99)100)70-56-20-15-52(88)37-60(56)105-61-38-53(89)16-21-57(61)70)66(93)42-84(30-7-35-104-2)68(95)45-86(32-23-48-8-12-50(74)13-9-48)69(96)43-83(28-5-27-81-33-26-79-47-81)67(94)44-85(65(92)40-78-25-4-3-24-75)31-22-49-10-17-54(18-11-49)107(77,101)102/h8-21,26,33,36-38,47,59,62,78,88H,3-7,22-25,27-32,34-35,39-46,75H2,1-2H3,(H2,76,97)(H,80,90)(H,99,100)(H2,77,101,102)/t59-,62?/m0/s1. The summed E-state index contributed by atoms with van der Waals surface area (Å²) >= 11 is 7.08. The number of primary sulfonamides is 1. The van der Waals surface area contributed by atoms with Crippen molar-refractivity contribution >= 4 is 109 Å². The summed E-state index contributed by atoms with van der Waals surface area (Å²) in [4.78, 5) is 165. The van der Waals surface area contributed by atoms with E-state index in [1.165, 1.54) is 94.5 Å². The summed E-state index contributed by atoms with van der Waals surface area (Å²) in [6.45, 7) is -1.63. The van der Waals surface area contributed by atoms with E-state index in [1.807, 2.05) is 0 Å². The number of phenols is 1. The van der Waals surface area contributed by atoms with Crippen LogP contribution in [0.2, 0.25) is 5.02 Å². The lowest BCUT2D eigenvalue weighted by atomic mass is 9.90. The normalized spacial score (nSPS) is 13.2. The van der Waals surface area contributed by atoms with Gasteiger partial charge in [-0.15, -0.1) is 11.8 Å². The fraction of sp³-hybridized carbons (Fsp3) is 0.397. The maximum Gasteiger partial charge on any atom is 0.336 e. The summed E-state index contributed by atoms with van der Waals surface area (Å²) in [7, 11) is -1.11. The SMILES string of the molecule is COCCCN(CC(=O)N[C@@H](CSC1CC(=O)N(c2ccc(-c3c4ccc(=O)cc-4oc4cc(O)ccc34)c(C(=O)O)c2)C1=O)C(N)=O)C(=O)CN(CCCOC)C(=O)CN(CCc1ccc(Cl)cc1)C(=O)CN(CCCn1ccnc1)C(=O)CN(CCc1ccc(S(N)(=O)=O)cc1)C(=O)CNCCCCN. The van der Waals surface area contributed by atoms with Crippen LogP contribution in [0.4, 0.5) is 5.69 Å². The van der Waals surface area contributed by atoms with Gasteiger partial charge < -0.3 is 75.3 Å². The number of amides is 9. The van der Waals surface area contributed by atoms with E-state index in [0.29, 0.717) is 66.0 Å². The Kier molecular flexibility index (Phi) is 30.9. The molecule has 1 fully saturated rings. The number of methoxy groups -OCH3 is 2. The Labute approximate surface area is 627 Å². The molecule has 2 atom stereocenters. The Morgan fingerprint density at radius 1 is 0.710 bits per heavy atom. The number of imidazole rings is 1. The van der Waals surface area contributed by atoms with E-state index < -0.39 is 125 Å². The molecule has 4 aromatic carbocycles. The number of aryl methyl sites for hydroxylation is 1. The predicted octanol–water partition coefficient (Wildman–Crippen LogP) is 2.92. The molecule has 0 saturated carbocycles. The van der Waals surface area contributed by atoms with Crippen molar-refractivity contribution in [3.8, 4) is 28.2 Å². The molecule has 1 aliphatic carbocycles. The second-order valence-corrected chi connectivity index (χ2v) is 28.6. The number of aromatic hydroxyl groups is 1. The fourth-order valence-corrected chi connectivity index (χ4v) is 13.8. The zero-order valence-corrected chi connectivity index (χ0v) is 61.7. The minimum absolute atomic E-state index is 0.0153. The number of nitrogens with zero attached hydrogens (tertiary/aromatic N) is 8. The molecule has 2 aliphatic heterocycles. The molecule has 1 saturated heterocycles. The van der Waals surface area contributed by atoms with Gasteiger partial charge in [-0.3, -0.25) is 47.9 Å². The summed E-state index contributed by atoms with van der Waals surface area (Å²) in [6.07, 6.45) is 7.11. The van der Waals surface area contributed by atoms with Gasteiger partial charge in [-0.05, 0) is 135 Å². The number of anilines is 1. The van der Waals surface area contributed by atoms with Gasteiger partial charge in [-0.2, -0.15) is 0 Å². The number of carboxylic acid groups (broad SMARTS) is 1. The van der Waals surface area contributed by atoms with Crippen molar-refractivity contribution < 1.29 is 80.5 Å². The van der Waals surface area contributed by atoms with Crippen molar-refractivity contribution in [3.63, 3.8) is 0 Å². The molecule has 1 unspecified atom stereocenters. The average Bonchev–Trinajstić information content (AvgIpc) is 1.28. The number of aromatic nitrogens is 2. The minimum Gasteiger partial charge on any atom is -0.508 e. The first-order chi connectivity index (χ1) is 51.2. The highest BCUT2D eigenvalue weighted by Crippen LogP contribution is 2.43. The number of primary amides is 1. The number of imide groups is 1. The molecule has 3 heterocycles. The molecule has 5 aromatic rings. The molecular weight excluding hydrogens is 1450 g/mol. The number of carbonyl (C=O) groups excluding carboxylic acids is 9. The van der Waals surface area contributed by atoms with Gasteiger partial charge in [-0.1, -0.05) is 41.9 Å². The molecule has 1 aromatic heterocycles. The highest BCUT2D eigenvalue weighted by molar-refractivity contribution is 8.00. The lowest BCUT2D eigenvalue weighted by Gasteiger charge is -2.32. The van der Waals surface area contributed by atoms with Crippen molar-refractivity contribution in [2.45, 2.75) is 74.1 Å². The number of carboxylic acids is 1. The van der Waals surface area contributed by atoms with Crippen LogP contribution in [0.25, 0.3) is 33.4 Å². The first-order valence-corrected chi connectivity index (χ1v) is 37.5. The van der Waals surface area contributed by atoms with Gasteiger partial charge in [0, 0.05) is 125 Å². The third kappa shape index (κ3) is 23.9. The van der Waals surface area contributed by atoms with E-state index in [0.717, 1.165) is 33.2 Å². The van der Waals surface area contributed by atoms with Crippen LogP contribution in [-0.4, -0.2) is 241 Å². The van der Waals surface area contributed by atoms with E-state index >= 15 is 4.79 Å². The van der Waals surface area contributed by atoms with Crippen LogP contribution < -0.4 is 37.6 Å². The highest BCUT2D eigenvalue weighted by atomic mass is 35.5. The smallest absolute Gasteiger partial charge is 0.336 e. The van der Waals surface area contributed by atoms with E-state index in [-0.39, 0.29) is 123 Å². The third-order valence-electron chi connectivity index (χ3n) is 17.6. The molecule has 10 N–H and O–H groups in total. The van der Waals surface area contributed by atoms with Crippen molar-refractivity contribution in [1.82, 2.24) is 44.7 Å². The number of thioether (sulfide) groups is 1. The number of ether oxygens (including phenoxy) is 2. The van der Waals surface area contributed by atoms with Crippen LogP contribution in [0.5, 0.6) is 5.75 Å². The monoisotopic (exact) mass is 1530 g/mol. The number of hydrogen-bond donors (Lipinski definition) is 7. The molecule has 0 bridgehead atoms. The van der Waals surface area contributed by atoms with Gasteiger partial charge in [-0.25, -0.2) is 28.2 Å². The minimum atomic E-state index is -3.99. The van der Waals surface area contributed by atoms with Gasteiger partial charge in [0.15, 0.2) is 5.43 Å². The van der Waals surface area contributed by atoms with Crippen molar-refractivity contribution in [3.05, 3.63) is 154 Å². The van der Waals surface area contributed by atoms with Gasteiger partial charge in [0.25, 0.3) is 0 Å². The molecular formula is C73H88ClN13O18S2. The predicted molar refractivity (Wildman–Crippen MR) is 398 cm³/mol. The van der Waals surface area contributed by atoms with Gasteiger partial charge >= 0.3 is 5.97 Å². The van der Waals surface area contributed by atoms with E-state index in [9.17, 15) is 66.6 Å². The van der Waals surface area contributed by atoms with Crippen LogP contribution >= 0.6 is 23.4 Å². The molecule has 0 radical (unpaired) electrons. The van der Waals surface area contributed by atoms with Gasteiger partial charge in [0.05, 0.1) is 67.0 Å². The maximum absolute atomic E-state index is 15.0. The topological polar surface area (TPSA) is 433 Å².